The molecule has 2 aliphatic rings. The van der Waals surface area contributed by atoms with Gasteiger partial charge in [-0.05, 0) is 20.8 Å². The van der Waals surface area contributed by atoms with Gasteiger partial charge in [0, 0.05) is 62.3 Å². The van der Waals surface area contributed by atoms with Crippen LogP contribution in [0.4, 0.5) is 4.79 Å². The molecule has 14 atom stereocenters. The van der Waals surface area contributed by atoms with Crippen LogP contribution >= 0.6 is 0 Å². The SMILES string of the molecule is CC(=O)OCC(NC(=O)OC(C)(C)C)[C@@H](OC(C)=O)[C@H](O[C@@H]1OC(COC(C)=O)[C@@H](O[C@@H]2OC(COC(C)=O)[C@@H](OC(C)=O)[C@H](OC(C)=O)C2N)[C@H](OC(C)=O)C1N)C(COC(C)=O)OC(C)=O. The van der Waals surface area contributed by atoms with E-state index >= 15 is 0 Å². The Kier molecular flexibility index (Phi) is 22.9. The molecule has 2 rings (SSSR count). The number of hydrogen-bond donors (Lipinski definition) is 3. The van der Waals surface area contributed by atoms with Gasteiger partial charge in [-0.3, -0.25) is 43.2 Å². The van der Waals surface area contributed by atoms with Crippen LogP contribution in [0, 0.1) is 0 Å². The fourth-order valence-electron chi connectivity index (χ4n) is 6.69. The Morgan fingerprint density at radius 3 is 1.40 bits per heavy atom. The molecule has 2 saturated heterocycles. The van der Waals surface area contributed by atoms with Crippen LogP contribution in [-0.2, 0) is 109 Å². The van der Waals surface area contributed by atoms with Gasteiger partial charge < -0.3 is 83.1 Å². The van der Waals surface area contributed by atoms with Crippen LogP contribution in [0.15, 0.2) is 0 Å². The minimum absolute atomic E-state index is 0.596. The van der Waals surface area contributed by atoms with Crippen LogP contribution in [0.2, 0.25) is 0 Å². The van der Waals surface area contributed by atoms with Gasteiger partial charge in [-0.2, -0.15) is 0 Å². The van der Waals surface area contributed by atoms with Gasteiger partial charge in [-0.1, -0.05) is 0 Å². The Bertz CT molecular complexity index is 1810. The van der Waals surface area contributed by atoms with E-state index in [1.54, 1.807) is 0 Å². The highest BCUT2D eigenvalue weighted by Crippen LogP contribution is 2.34. The van der Waals surface area contributed by atoms with E-state index in [1.807, 2.05) is 0 Å². The molecule has 5 N–H and O–H groups in total. The van der Waals surface area contributed by atoms with Crippen molar-refractivity contribution in [1.29, 1.82) is 0 Å². The van der Waals surface area contributed by atoms with E-state index in [0.717, 1.165) is 62.3 Å². The van der Waals surface area contributed by atoms with E-state index in [0.29, 0.717) is 0 Å². The van der Waals surface area contributed by atoms with Crippen LogP contribution in [0.25, 0.3) is 0 Å². The third-order valence-corrected chi connectivity index (χ3v) is 9.10. The zero-order valence-corrected chi connectivity index (χ0v) is 39.9. The summed E-state index contributed by atoms with van der Waals surface area (Å²) in [6, 6.07) is -4.90. The first-order valence-electron chi connectivity index (χ1n) is 21.0. The molecule has 27 nitrogen and oxygen atoms in total. The molecule has 0 aromatic rings. The normalized spacial score (nSPS) is 26.4. The van der Waals surface area contributed by atoms with Crippen molar-refractivity contribution in [1.82, 2.24) is 5.32 Å². The Balaban J connectivity index is 2.89. The lowest BCUT2D eigenvalue weighted by Gasteiger charge is -2.49. The molecule has 0 spiro atoms. The number of amides is 1. The molecule has 386 valence electrons. The topological polar surface area (TPSA) is 364 Å². The van der Waals surface area contributed by atoms with Crippen LogP contribution in [0.3, 0.4) is 0 Å². The van der Waals surface area contributed by atoms with Crippen molar-refractivity contribution in [2.45, 2.75) is 174 Å². The summed E-state index contributed by atoms with van der Waals surface area (Å²) < 4.78 is 78.9. The second kappa shape index (κ2) is 26.7. The minimum Gasteiger partial charge on any atom is -0.464 e. The minimum atomic E-state index is -1.95. The number of nitrogens with two attached hydrogens (primary N) is 2. The lowest BCUT2D eigenvalue weighted by Crippen LogP contribution is -2.70. The summed E-state index contributed by atoms with van der Waals surface area (Å²) in [5.74, 6) is -8.16. The Morgan fingerprint density at radius 1 is 0.515 bits per heavy atom. The van der Waals surface area contributed by atoms with Crippen molar-refractivity contribution in [2.24, 2.45) is 11.5 Å². The number of carbonyl (C=O) groups is 10. The molecule has 2 heterocycles. The van der Waals surface area contributed by atoms with Crippen LogP contribution in [-0.4, -0.2) is 177 Å². The molecule has 1 amide bonds. The van der Waals surface area contributed by atoms with Gasteiger partial charge in [-0.15, -0.1) is 0 Å². The average molecular weight is 982 g/mol. The van der Waals surface area contributed by atoms with Gasteiger partial charge in [0.1, 0.15) is 62.5 Å². The van der Waals surface area contributed by atoms with Gasteiger partial charge in [0.2, 0.25) is 0 Å². The Labute approximate surface area is 391 Å². The molecule has 68 heavy (non-hydrogen) atoms. The second-order valence-electron chi connectivity index (χ2n) is 16.3. The maximum absolute atomic E-state index is 13.2. The van der Waals surface area contributed by atoms with E-state index in [9.17, 15) is 47.9 Å². The Morgan fingerprint density at radius 2 is 0.941 bits per heavy atom. The molecule has 2 aliphatic heterocycles. The standard InChI is InChI=1S/C41H63N3O24/c1-17(45)55-13-26(44-40(54)68-41(10,11)12)32(60-22(6)50)33(27(59-21(5)49)14-56-18(2)46)66-38-31(43)37(63-25(9)53)35(29(65-38)16-58-20(4)48)67-39-30(42)36(62-24(8)52)34(61-23(7)51)28(64-39)15-57-19(3)47/h26-39H,13-16,42-43H2,1-12H3,(H,44,54)/t26?,27?,28?,29?,30?,31?,32-,33-,34-,35-,36-,37-,38+,39+/m1/s1. The van der Waals surface area contributed by atoms with Crippen molar-refractivity contribution < 1.29 is 114 Å². The summed E-state index contributed by atoms with van der Waals surface area (Å²) in [6.45, 7) is 10.9. The van der Waals surface area contributed by atoms with Gasteiger partial charge in [-0.25, -0.2) is 4.79 Å². The van der Waals surface area contributed by atoms with Gasteiger partial charge in [0.25, 0.3) is 0 Å². The predicted octanol–water partition coefficient (Wildman–Crippen LogP) is -1.33. The fourth-order valence-corrected chi connectivity index (χ4v) is 6.69. The predicted molar refractivity (Wildman–Crippen MR) is 220 cm³/mol. The van der Waals surface area contributed by atoms with Crippen molar-refractivity contribution in [3.8, 4) is 0 Å². The number of hydrogen-bond acceptors (Lipinski definition) is 26. The second-order valence-corrected chi connectivity index (χ2v) is 16.3. The molecule has 0 bridgehead atoms. The highest BCUT2D eigenvalue weighted by atomic mass is 16.8. The van der Waals surface area contributed by atoms with Crippen molar-refractivity contribution in [3.05, 3.63) is 0 Å². The maximum Gasteiger partial charge on any atom is 0.408 e. The van der Waals surface area contributed by atoms with Gasteiger partial charge >= 0.3 is 59.8 Å². The Hall–Kier alpha value is -5.74. The number of rotatable bonds is 21. The third-order valence-electron chi connectivity index (χ3n) is 9.10. The van der Waals surface area contributed by atoms with Crippen LogP contribution in [0.1, 0.15) is 83.1 Å². The smallest absolute Gasteiger partial charge is 0.408 e. The summed E-state index contributed by atoms with van der Waals surface area (Å²) >= 11 is 0. The summed E-state index contributed by atoms with van der Waals surface area (Å²) in [5.41, 5.74) is 12.2. The van der Waals surface area contributed by atoms with Crippen molar-refractivity contribution in [2.75, 3.05) is 26.4 Å². The van der Waals surface area contributed by atoms with Gasteiger partial charge in [0.05, 0.1) is 12.1 Å². The maximum atomic E-state index is 13.2. The summed E-state index contributed by atoms with van der Waals surface area (Å²) in [7, 11) is 0. The van der Waals surface area contributed by atoms with E-state index in [4.69, 9.17) is 77.8 Å². The molecule has 27 heteroatoms. The number of nitrogens with one attached hydrogen (secondary N) is 1. The lowest BCUT2D eigenvalue weighted by molar-refractivity contribution is -0.340. The summed E-state index contributed by atoms with van der Waals surface area (Å²) in [6.07, 6.45) is -19.9. The fraction of sp³-hybridized carbons (Fsp3) is 0.756. The largest absolute Gasteiger partial charge is 0.464 e. The summed E-state index contributed by atoms with van der Waals surface area (Å²) in [5, 5.41) is 2.44. The molecule has 6 unspecified atom stereocenters. The first-order chi connectivity index (χ1) is 31.5. The zero-order chi connectivity index (χ0) is 51.8. The highest BCUT2D eigenvalue weighted by Gasteiger charge is 2.56. The third kappa shape index (κ3) is 19.8. The van der Waals surface area contributed by atoms with E-state index in [2.05, 4.69) is 5.32 Å². The molecule has 0 aromatic carbocycles. The molecule has 0 radical (unpaired) electrons. The number of ether oxygens (including phenoxy) is 14. The molecule has 0 saturated carbocycles. The average Bonchev–Trinajstić information content (AvgIpc) is 3.18. The highest BCUT2D eigenvalue weighted by molar-refractivity contribution is 5.71. The summed E-state index contributed by atoms with van der Waals surface area (Å²) in [4.78, 5) is 125. The first kappa shape index (κ1) is 58.4. The molecular weight excluding hydrogens is 918 g/mol. The molecular formula is C41H63N3O24. The molecule has 0 aromatic heterocycles. The number of carbonyl (C=O) groups excluding carboxylic acids is 10. The van der Waals surface area contributed by atoms with Crippen LogP contribution < -0.4 is 16.8 Å². The lowest BCUT2D eigenvalue weighted by atomic mass is 9.94. The molecule has 2 fully saturated rings. The zero-order valence-electron chi connectivity index (χ0n) is 39.9. The van der Waals surface area contributed by atoms with E-state index < -0.39 is 177 Å². The van der Waals surface area contributed by atoms with E-state index in [1.165, 1.54) is 20.8 Å². The number of esters is 9. The van der Waals surface area contributed by atoms with Crippen molar-refractivity contribution in [3.63, 3.8) is 0 Å². The molecule has 0 aliphatic carbocycles. The monoisotopic (exact) mass is 981 g/mol. The first-order valence-corrected chi connectivity index (χ1v) is 21.0. The van der Waals surface area contributed by atoms with Crippen molar-refractivity contribution >= 4 is 59.8 Å². The van der Waals surface area contributed by atoms with Crippen LogP contribution in [0.5, 0.6) is 0 Å². The quantitative estimate of drug-likeness (QED) is 0.0885. The van der Waals surface area contributed by atoms with Gasteiger partial charge in [0.15, 0.2) is 43.1 Å². The number of alkyl carbamates (subject to hydrolysis) is 1. The van der Waals surface area contributed by atoms with E-state index in [-0.39, 0.29) is 0 Å².